The van der Waals surface area contributed by atoms with E-state index in [-0.39, 0.29) is 0 Å². The average Bonchev–Trinajstić information content (AvgIpc) is 4.01. The molecule has 0 unspecified atom stereocenters. The van der Waals surface area contributed by atoms with Crippen LogP contribution in [0.5, 0.6) is 0 Å². The lowest BCUT2D eigenvalue weighted by atomic mass is 9.90. The molecule has 0 spiro atoms. The number of rotatable bonds is 6. The van der Waals surface area contributed by atoms with Crippen molar-refractivity contribution in [2.24, 2.45) is 0 Å². The summed E-state index contributed by atoms with van der Waals surface area (Å²) in [5.41, 5.74) is 16.2. The summed E-state index contributed by atoms with van der Waals surface area (Å²) in [6, 6.07) is 72.7. The fourth-order valence-electron chi connectivity index (χ4n) is 9.61. The molecule has 63 heavy (non-hydrogen) atoms. The Morgan fingerprint density at radius 3 is 1.73 bits per heavy atom. The minimum atomic E-state index is 0.621. The van der Waals surface area contributed by atoms with Crippen LogP contribution in [0.2, 0.25) is 0 Å². The molecule has 5 aromatic heterocycles. The molecule has 0 aliphatic heterocycles. The molecule has 6 heteroatoms. The number of nitrogens with zero attached hydrogens (tertiary/aromatic N) is 5. The summed E-state index contributed by atoms with van der Waals surface area (Å²) >= 11 is 0. The van der Waals surface area contributed by atoms with Crippen molar-refractivity contribution in [3.05, 3.63) is 212 Å². The lowest BCUT2D eigenvalue weighted by Crippen LogP contribution is -2.04. The molecule has 13 rings (SSSR count). The number of pyridine rings is 1. The van der Waals surface area contributed by atoms with Gasteiger partial charge in [-0.3, -0.25) is 9.55 Å². The summed E-state index contributed by atoms with van der Waals surface area (Å²) in [5, 5.41) is 5.63. The van der Waals surface area contributed by atoms with Crippen molar-refractivity contribution in [2.75, 3.05) is 0 Å². The number of hydrogen-bond donors (Lipinski definition) is 0. The molecule has 0 radical (unpaired) electrons. The second kappa shape index (κ2) is 14.0. The molecule has 0 aliphatic carbocycles. The van der Waals surface area contributed by atoms with E-state index in [1.165, 1.54) is 10.8 Å². The molecule has 8 aromatic carbocycles. The molecule has 294 valence electrons. The van der Waals surface area contributed by atoms with Gasteiger partial charge in [-0.1, -0.05) is 140 Å². The number of para-hydroxylation sites is 2. The Hall–Kier alpha value is -8.61. The molecule has 13 aromatic rings. The zero-order valence-electron chi connectivity index (χ0n) is 33.9. The van der Waals surface area contributed by atoms with Crippen LogP contribution in [0, 0.1) is 0 Å². The Kier molecular flexibility index (Phi) is 7.80. The molecular weight excluding hydrogens is 771 g/mol. The van der Waals surface area contributed by atoms with Crippen LogP contribution in [0.4, 0.5) is 0 Å². The van der Waals surface area contributed by atoms with E-state index in [4.69, 9.17) is 14.4 Å². The average molecular weight is 806 g/mol. The number of aromatic nitrogens is 5. The molecule has 0 amide bonds. The van der Waals surface area contributed by atoms with Gasteiger partial charge in [-0.05, 0) is 89.0 Å². The highest BCUT2D eigenvalue weighted by molar-refractivity contribution is 6.20. The Morgan fingerprint density at radius 2 is 1.00 bits per heavy atom. The summed E-state index contributed by atoms with van der Waals surface area (Å²) < 4.78 is 10.8. The molecule has 0 atom stereocenters. The Balaban J connectivity index is 1.09. The fraction of sp³-hybridized carbons (Fsp3) is 0. The predicted octanol–water partition coefficient (Wildman–Crippen LogP) is 14.6. The third kappa shape index (κ3) is 5.55. The maximum Gasteiger partial charge on any atom is 0.235 e. The molecule has 0 saturated carbocycles. The van der Waals surface area contributed by atoms with Crippen molar-refractivity contribution in [1.29, 1.82) is 0 Å². The van der Waals surface area contributed by atoms with E-state index in [0.717, 1.165) is 105 Å². The molecular formula is C57H35N5O. The third-order valence-electron chi connectivity index (χ3n) is 12.4. The SMILES string of the molecule is c1ccc(-c2cc(-c3ccccc3)nc(-n3c4ccccc4c4c(-c5ccc6c(c5)c5ccccc5n6-c5ccc6oc7cccnc7c6c5)c(-c5ccccc5)ccc43)n2)cc1. The zero-order chi connectivity index (χ0) is 41.4. The van der Waals surface area contributed by atoms with Gasteiger partial charge in [-0.2, -0.15) is 0 Å². The Morgan fingerprint density at radius 1 is 0.381 bits per heavy atom. The van der Waals surface area contributed by atoms with E-state index < -0.39 is 0 Å². The van der Waals surface area contributed by atoms with Gasteiger partial charge in [0.2, 0.25) is 5.95 Å². The van der Waals surface area contributed by atoms with E-state index in [9.17, 15) is 0 Å². The molecule has 0 bridgehead atoms. The van der Waals surface area contributed by atoms with Crippen molar-refractivity contribution in [3.63, 3.8) is 0 Å². The van der Waals surface area contributed by atoms with E-state index >= 15 is 0 Å². The molecule has 5 heterocycles. The van der Waals surface area contributed by atoms with E-state index in [0.29, 0.717) is 5.95 Å². The highest BCUT2D eigenvalue weighted by atomic mass is 16.3. The van der Waals surface area contributed by atoms with Crippen molar-refractivity contribution in [2.45, 2.75) is 0 Å². The lowest BCUT2D eigenvalue weighted by molar-refractivity contribution is 0.668. The maximum atomic E-state index is 6.18. The van der Waals surface area contributed by atoms with Gasteiger partial charge in [0.25, 0.3) is 0 Å². The summed E-state index contributed by atoms with van der Waals surface area (Å²) in [6.45, 7) is 0. The second-order valence-corrected chi connectivity index (χ2v) is 16.0. The van der Waals surface area contributed by atoms with Gasteiger partial charge in [0, 0.05) is 49.9 Å². The van der Waals surface area contributed by atoms with Crippen LogP contribution in [0.1, 0.15) is 0 Å². The normalized spacial score (nSPS) is 11.8. The van der Waals surface area contributed by atoms with Crippen LogP contribution in [-0.4, -0.2) is 24.1 Å². The predicted molar refractivity (Wildman–Crippen MR) is 258 cm³/mol. The van der Waals surface area contributed by atoms with Gasteiger partial charge >= 0.3 is 0 Å². The molecule has 0 aliphatic rings. The number of fused-ring (bicyclic) bond motifs is 9. The summed E-state index contributed by atoms with van der Waals surface area (Å²) in [4.78, 5) is 15.4. The smallest absolute Gasteiger partial charge is 0.235 e. The van der Waals surface area contributed by atoms with Gasteiger partial charge in [-0.25, -0.2) is 9.97 Å². The Bertz CT molecular complexity index is 3850. The first-order chi connectivity index (χ1) is 31.2. The van der Waals surface area contributed by atoms with Crippen molar-refractivity contribution < 1.29 is 4.42 Å². The van der Waals surface area contributed by atoms with E-state index in [2.05, 4.69) is 196 Å². The van der Waals surface area contributed by atoms with E-state index in [1.54, 1.807) is 0 Å². The lowest BCUT2D eigenvalue weighted by Gasteiger charge is -2.15. The van der Waals surface area contributed by atoms with Crippen LogP contribution in [0.15, 0.2) is 217 Å². The topological polar surface area (TPSA) is 61.7 Å². The first kappa shape index (κ1) is 35.2. The van der Waals surface area contributed by atoms with Gasteiger partial charge < -0.3 is 8.98 Å². The third-order valence-corrected chi connectivity index (χ3v) is 12.4. The highest BCUT2D eigenvalue weighted by Gasteiger charge is 2.23. The first-order valence-corrected chi connectivity index (χ1v) is 21.2. The van der Waals surface area contributed by atoms with Crippen LogP contribution in [-0.2, 0) is 0 Å². The first-order valence-electron chi connectivity index (χ1n) is 21.2. The van der Waals surface area contributed by atoms with Crippen LogP contribution in [0.25, 0.3) is 122 Å². The Labute approximate surface area is 361 Å². The largest absolute Gasteiger partial charge is 0.454 e. The summed E-state index contributed by atoms with van der Waals surface area (Å²) in [7, 11) is 0. The summed E-state index contributed by atoms with van der Waals surface area (Å²) in [6.07, 6.45) is 1.82. The zero-order valence-corrected chi connectivity index (χ0v) is 33.9. The van der Waals surface area contributed by atoms with Gasteiger partial charge in [-0.15, -0.1) is 0 Å². The minimum Gasteiger partial charge on any atom is -0.454 e. The number of benzene rings is 8. The standard InChI is InChI=1S/C57H35N5O/c1-4-15-36(16-5-1)41-28-30-51-55(43-22-11-13-24-49(43)62(51)57-59-46(37-17-6-2-7-18-37)35-47(60-57)38-19-8-3-9-20-38)54(41)39-26-29-50-44(33-39)42-21-10-12-23-48(42)61(50)40-27-31-52-45(34-40)56-53(63-52)25-14-32-58-56/h1-35H. The van der Waals surface area contributed by atoms with Crippen LogP contribution >= 0.6 is 0 Å². The summed E-state index contributed by atoms with van der Waals surface area (Å²) in [5.74, 6) is 0.621. The monoisotopic (exact) mass is 805 g/mol. The maximum absolute atomic E-state index is 6.18. The number of furan rings is 1. The molecule has 0 fully saturated rings. The van der Waals surface area contributed by atoms with E-state index in [1.807, 2.05) is 30.5 Å². The molecule has 6 nitrogen and oxygen atoms in total. The number of hydrogen-bond acceptors (Lipinski definition) is 4. The van der Waals surface area contributed by atoms with Crippen molar-refractivity contribution in [3.8, 4) is 56.4 Å². The minimum absolute atomic E-state index is 0.621. The van der Waals surface area contributed by atoms with Crippen molar-refractivity contribution in [1.82, 2.24) is 24.1 Å². The fourth-order valence-corrected chi connectivity index (χ4v) is 9.61. The molecule has 0 N–H and O–H groups in total. The highest BCUT2D eigenvalue weighted by Crippen LogP contribution is 2.46. The van der Waals surface area contributed by atoms with Crippen LogP contribution in [0.3, 0.4) is 0 Å². The van der Waals surface area contributed by atoms with Gasteiger partial charge in [0.1, 0.15) is 11.1 Å². The second-order valence-electron chi connectivity index (χ2n) is 16.0. The molecule has 0 saturated heterocycles. The van der Waals surface area contributed by atoms with Crippen LogP contribution < -0.4 is 0 Å². The van der Waals surface area contributed by atoms with Gasteiger partial charge in [0.05, 0.1) is 33.5 Å². The quantitative estimate of drug-likeness (QED) is 0.168. The van der Waals surface area contributed by atoms with Gasteiger partial charge in [0.15, 0.2) is 5.58 Å². The van der Waals surface area contributed by atoms with Crippen molar-refractivity contribution >= 4 is 65.7 Å².